The molecule has 0 aliphatic rings. The molecule has 0 bridgehead atoms. The highest BCUT2D eigenvalue weighted by Gasteiger charge is 2.01. The van der Waals surface area contributed by atoms with Gasteiger partial charge in [-0.2, -0.15) is 5.10 Å². The molecule has 0 fully saturated rings. The highest BCUT2D eigenvalue weighted by Crippen LogP contribution is 1.93. The molecule has 0 atom stereocenters. The zero-order valence-electron chi connectivity index (χ0n) is 6.03. The summed E-state index contributed by atoms with van der Waals surface area (Å²) in [5.74, 6) is 1.10. The number of hydrogen-bond acceptors (Lipinski definition) is 3. The Labute approximate surface area is 58.9 Å². The van der Waals surface area contributed by atoms with E-state index in [1.807, 2.05) is 6.92 Å². The minimum atomic E-state index is 0.386. The number of rotatable bonds is 2. The van der Waals surface area contributed by atoms with E-state index in [9.17, 15) is 4.79 Å². The van der Waals surface area contributed by atoms with E-state index in [2.05, 4.69) is 10.1 Å². The Morgan fingerprint density at radius 1 is 1.70 bits per heavy atom. The van der Waals surface area contributed by atoms with Crippen molar-refractivity contribution in [3.63, 3.8) is 0 Å². The molecular formula is C6H9N3O. The Kier molecular flexibility index (Phi) is 1.80. The predicted molar refractivity (Wildman–Crippen MR) is 35.8 cm³/mol. The summed E-state index contributed by atoms with van der Waals surface area (Å²) < 4.78 is 1.48. The van der Waals surface area contributed by atoms with Crippen LogP contribution in [0.5, 0.6) is 0 Å². The van der Waals surface area contributed by atoms with Crippen molar-refractivity contribution in [1.82, 2.24) is 14.8 Å². The van der Waals surface area contributed by atoms with Gasteiger partial charge in [0.1, 0.15) is 0 Å². The second kappa shape index (κ2) is 2.60. The van der Waals surface area contributed by atoms with Crippen LogP contribution >= 0.6 is 0 Å². The van der Waals surface area contributed by atoms with Gasteiger partial charge in [0.25, 0.3) is 0 Å². The molecule has 0 aliphatic carbocycles. The number of nitrogens with zero attached hydrogens (tertiary/aromatic N) is 3. The summed E-state index contributed by atoms with van der Waals surface area (Å²) in [6.45, 7) is 1.95. The van der Waals surface area contributed by atoms with Crippen molar-refractivity contribution in [1.29, 1.82) is 0 Å². The third-order valence-corrected chi connectivity index (χ3v) is 1.26. The summed E-state index contributed by atoms with van der Waals surface area (Å²) in [6, 6.07) is 0. The highest BCUT2D eigenvalue weighted by atomic mass is 16.1. The van der Waals surface area contributed by atoms with Gasteiger partial charge in [0.15, 0.2) is 17.9 Å². The van der Waals surface area contributed by atoms with Gasteiger partial charge in [-0.25, -0.2) is 9.67 Å². The molecule has 0 aromatic carbocycles. The largest absolute Gasteiger partial charge is 0.294 e. The van der Waals surface area contributed by atoms with Crippen LogP contribution in [0.1, 0.15) is 23.4 Å². The minimum absolute atomic E-state index is 0.386. The Bertz CT molecular complexity index is 241. The molecule has 4 nitrogen and oxygen atoms in total. The van der Waals surface area contributed by atoms with Crippen LogP contribution in [-0.2, 0) is 13.5 Å². The molecule has 0 radical (unpaired) electrons. The monoisotopic (exact) mass is 139 g/mol. The molecule has 1 rings (SSSR count). The summed E-state index contributed by atoms with van der Waals surface area (Å²) in [5, 5.41) is 3.97. The quantitative estimate of drug-likeness (QED) is 0.549. The summed E-state index contributed by atoms with van der Waals surface area (Å²) in [7, 11) is 1.70. The van der Waals surface area contributed by atoms with E-state index in [0.717, 1.165) is 6.42 Å². The molecule has 54 valence electrons. The maximum absolute atomic E-state index is 10.2. The summed E-state index contributed by atoms with van der Waals surface area (Å²) in [5.41, 5.74) is 0. The lowest BCUT2D eigenvalue weighted by Crippen LogP contribution is -1.96. The molecule has 1 aromatic rings. The lowest BCUT2D eigenvalue weighted by Gasteiger charge is -1.84. The molecule has 0 saturated heterocycles. The highest BCUT2D eigenvalue weighted by molar-refractivity contribution is 5.68. The number of carbonyl (C=O) groups excluding carboxylic acids is 1. The molecule has 10 heavy (non-hydrogen) atoms. The van der Waals surface area contributed by atoms with E-state index < -0.39 is 0 Å². The van der Waals surface area contributed by atoms with E-state index in [1.165, 1.54) is 4.68 Å². The topological polar surface area (TPSA) is 47.8 Å². The molecule has 0 N–H and O–H groups in total. The molecule has 4 heteroatoms. The number of aryl methyl sites for hydroxylation is 2. The van der Waals surface area contributed by atoms with Gasteiger partial charge in [-0.3, -0.25) is 4.79 Å². The standard InChI is InChI=1S/C6H9N3O/c1-3-5-7-6(4-10)9(2)8-5/h4H,3H2,1-2H3. The second-order valence-electron chi connectivity index (χ2n) is 1.98. The van der Waals surface area contributed by atoms with Crippen molar-refractivity contribution in [3.8, 4) is 0 Å². The average molecular weight is 139 g/mol. The van der Waals surface area contributed by atoms with Crippen LogP contribution in [0.2, 0.25) is 0 Å². The van der Waals surface area contributed by atoms with E-state index in [1.54, 1.807) is 7.05 Å². The fraction of sp³-hybridized carbons (Fsp3) is 0.500. The predicted octanol–water partition coefficient (Wildman–Crippen LogP) is 0.190. The van der Waals surface area contributed by atoms with Crippen molar-refractivity contribution in [2.75, 3.05) is 0 Å². The van der Waals surface area contributed by atoms with Crippen LogP contribution in [0.15, 0.2) is 0 Å². The van der Waals surface area contributed by atoms with Crippen molar-refractivity contribution in [3.05, 3.63) is 11.6 Å². The summed E-state index contributed by atoms with van der Waals surface area (Å²) in [4.78, 5) is 14.2. The normalized spacial score (nSPS) is 9.80. The third kappa shape index (κ3) is 1.05. The van der Waals surface area contributed by atoms with Crippen molar-refractivity contribution in [2.45, 2.75) is 13.3 Å². The van der Waals surface area contributed by atoms with E-state index >= 15 is 0 Å². The van der Waals surface area contributed by atoms with Crippen molar-refractivity contribution in [2.24, 2.45) is 7.05 Å². The van der Waals surface area contributed by atoms with E-state index in [-0.39, 0.29) is 0 Å². The molecule has 0 aliphatic heterocycles. The summed E-state index contributed by atoms with van der Waals surface area (Å²) in [6.07, 6.45) is 1.47. The molecule has 1 heterocycles. The second-order valence-corrected chi connectivity index (χ2v) is 1.98. The molecular weight excluding hydrogens is 130 g/mol. The van der Waals surface area contributed by atoms with Crippen molar-refractivity contribution < 1.29 is 4.79 Å². The lowest BCUT2D eigenvalue weighted by atomic mass is 10.5. The van der Waals surface area contributed by atoms with Crippen LogP contribution in [0.25, 0.3) is 0 Å². The molecule has 0 saturated carbocycles. The Morgan fingerprint density at radius 3 is 2.70 bits per heavy atom. The van der Waals surface area contributed by atoms with Crippen molar-refractivity contribution >= 4 is 6.29 Å². The fourth-order valence-electron chi connectivity index (χ4n) is 0.704. The zero-order chi connectivity index (χ0) is 7.56. The van der Waals surface area contributed by atoms with Gasteiger partial charge in [-0.15, -0.1) is 0 Å². The minimum Gasteiger partial charge on any atom is -0.294 e. The van der Waals surface area contributed by atoms with Crippen LogP contribution < -0.4 is 0 Å². The first-order valence-corrected chi connectivity index (χ1v) is 3.13. The van der Waals surface area contributed by atoms with Gasteiger partial charge < -0.3 is 0 Å². The number of carbonyl (C=O) groups is 1. The first-order valence-electron chi connectivity index (χ1n) is 3.13. The SMILES string of the molecule is CCc1nc(C=O)n(C)n1. The fourth-order valence-corrected chi connectivity index (χ4v) is 0.704. The molecule has 0 amide bonds. The van der Waals surface area contributed by atoms with Gasteiger partial charge in [0.05, 0.1) is 0 Å². The maximum atomic E-state index is 10.2. The van der Waals surface area contributed by atoms with Crippen LogP contribution in [0.4, 0.5) is 0 Å². The van der Waals surface area contributed by atoms with Gasteiger partial charge in [-0.1, -0.05) is 6.92 Å². The number of hydrogen-bond donors (Lipinski definition) is 0. The van der Waals surface area contributed by atoms with E-state index in [4.69, 9.17) is 0 Å². The van der Waals surface area contributed by atoms with Gasteiger partial charge >= 0.3 is 0 Å². The van der Waals surface area contributed by atoms with Gasteiger partial charge in [-0.05, 0) is 0 Å². The molecule has 0 unspecified atom stereocenters. The Hall–Kier alpha value is -1.19. The number of aromatic nitrogens is 3. The Balaban J connectivity index is 3.03. The molecule has 1 aromatic heterocycles. The summed E-state index contributed by atoms with van der Waals surface area (Å²) >= 11 is 0. The van der Waals surface area contributed by atoms with Crippen LogP contribution in [0, 0.1) is 0 Å². The van der Waals surface area contributed by atoms with Gasteiger partial charge in [0, 0.05) is 13.5 Å². The third-order valence-electron chi connectivity index (χ3n) is 1.26. The first-order chi connectivity index (χ1) is 4.77. The average Bonchev–Trinajstić information content (AvgIpc) is 2.30. The smallest absolute Gasteiger partial charge is 0.191 e. The molecule has 0 spiro atoms. The maximum Gasteiger partial charge on any atom is 0.191 e. The van der Waals surface area contributed by atoms with Gasteiger partial charge in [0.2, 0.25) is 0 Å². The van der Waals surface area contributed by atoms with E-state index in [0.29, 0.717) is 17.9 Å². The first kappa shape index (κ1) is 6.92. The Morgan fingerprint density at radius 2 is 2.40 bits per heavy atom. The lowest BCUT2D eigenvalue weighted by molar-refractivity contribution is 0.111. The zero-order valence-corrected chi connectivity index (χ0v) is 6.03. The van der Waals surface area contributed by atoms with Crippen LogP contribution in [0.3, 0.4) is 0 Å². The van der Waals surface area contributed by atoms with Crippen LogP contribution in [-0.4, -0.2) is 21.1 Å². The number of aldehydes is 1.